The molecular formula is C33H28N8O2. The molecule has 0 aliphatic heterocycles. The van der Waals surface area contributed by atoms with Gasteiger partial charge in [-0.2, -0.15) is 5.10 Å². The van der Waals surface area contributed by atoms with Crippen LogP contribution >= 0.6 is 0 Å². The van der Waals surface area contributed by atoms with Crippen molar-refractivity contribution in [1.82, 2.24) is 29.7 Å². The first-order valence-corrected chi connectivity index (χ1v) is 14.2. The summed E-state index contributed by atoms with van der Waals surface area (Å²) < 4.78 is 1.99. The number of nitrogens with zero attached hydrogens (tertiary/aromatic N) is 6. The highest BCUT2D eigenvalue weighted by molar-refractivity contribution is 6.05. The van der Waals surface area contributed by atoms with Crippen LogP contribution in [0.5, 0.6) is 0 Å². The van der Waals surface area contributed by atoms with Gasteiger partial charge in [0.25, 0.3) is 5.91 Å². The highest BCUT2D eigenvalue weighted by atomic mass is 16.2. The number of anilines is 1. The number of rotatable bonds is 6. The fraction of sp³-hybridized carbons (Fsp3) is 0.182. The molecule has 10 heteroatoms. The van der Waals surface area contributed by atoms with E-state index in [1.54, 1.807) is 61.2 Å². The zero-order valence-corrected chi connectivity index (χ0v) is 23.2. The predicted molar refractivity (Wildman–Crippen MR) is 163 cm³/mol. The number of carbonyl (C=O) groups is 2. The number of fused-ring (bicyclic) bond motifs is 2. The minimum Gasteiger partial charge on any atom is -0.366 e. The number of nitrogens with one attached hydrogen (secondary N) is 1. The third kappa shape index (κ3) is 5.80. The van der Waals surface area contributed by atoms with Crippen LogP contribution in [0.25, 0.3) is 27.8 Å². The van der Waals surface area contributed by atoms with Crippen LogP contribution in [0.15, 0.2) is 91.5 Å². The summed E-state index contributed by atoms with van der Waals surface area (Å²) in [5, 5.41) is 8.66. The number of hydrogen-bond acceptors (Lipinski definition) is 7. The van der Waals surface area contributed by atoms with E-state index in [9.17, 15) is 9.59 Å². The molecule has 212 valence electrons. The van der Waals surface area contributed by atoms with Crippen molar-refractivity contribution in [3.05, 3.63) is 114 Å². The molecule has 2 aliphatic carbocycles. The molecule has 3 N–H and O–H groups in total. The molecule has 0 atom stereocenters. The van der Waals surface area contributed by atoms with Crippen LogP contribution in [0, 0.1) is 0 Å². The van der Waals surface area contributed by atoms with Gasteiger partial charge in [0, 0.05) is 52.6 Å². The molecule has 4 aromatic heterocycles. The van der Waals surface area contributed by atoms with Crippen LogP contribution in [0.2, 0.25) is 0 Å². The molecule has 0 unspecified atom stereocenters. The summed E-state index contributed by atoms with van der Waals surface area (Å²) in [6.07, 6.45) is 11.6. The molecule has 0 saturated heterocycles. The molecule has 2 aliphatic rings. The van der Waals surface area contributed by atoms with Crippen molar-refractivity contribution in [1.29, 1.82) is 0 Å². The van der Waals surface area contributed by atoms with Crippen LogP contribution in [0.4, 0.5) is 5.69 Å². The molecule has 2 saturated carbocycles. The van der Waals surface area contributed by atoms with Gasteiger partial charge in [-0.05, 0) is 86.3 Å². The molecule has 6 aromatic rings. The highest BCUT2D eigenvalue weighted by Crippen LogP contribution is 2.45. The summed E-state index contributed by atoms with van der Waals surface area (Å²) in [4.78, 5) is 40.7. The van der Waals surface area contributed by atoms with E-state index in [1.165, 1.54) is 37.1 Å². The highest BCUT2D eigenvalue weighted by Gasteiger charge is 2.33. The number of nitrogens with two attached hydrogens (primary N) is 1. The lowest BCUT2D eigenvalue weighted by Gasteiger charge is -2.08. The second-order valence-electron chi connectivity index (χ2n) is 10.8. The maximum atomic E-state index is 12.6. The summed E-state index contributed by atoms with van der Waals surface area (Å²) in [6, 6.07) is 20.3. The van der Waals surface area contributed by atoms with Crippen LogP contribution in [-0.2, 0) is 0 Å². The second-order valence-corrected chi connectivity index (χ2v) is 10.8. The van der Waals surface area contributed by atoms with E-state index >= 15 is 0 Å². The summed E-state index contributed by atoms with van der Waals surface area (Å²) in [7, 11) is 0. The molecule has 0 spiro atoms. The van der Waals surface area contributed by atoms with Gasteiger partial charge < -0.3 is 11.1 Å². The van der Waals surface area contributed by atoms with Gasteiger partial charge in [-0.25, -0.2) is 9.67 Å². The lowest BCUT2D eigenvalue weighted by Crippen LogP contribution is -2.12. The van der Waals surface area contributed by atoms with Crippen molar-refractivity contribution < 1.29 is 9.59 Å². The van der Waals surface area contributed by atoms with Crippen molar-refractivity contribution in [2.24, 2.45) is 5.73 Å². The molecule has 10 nitrogen and oxygen atoms in total. The smallest absolute Gasteiger partial charge is 0.255 e. The molecular weight excluding hydrogens is 540 g/mol. The van der Waals surface area contributed by atoms with E-state index in [2.05, 4.69) is 31.3 Å². The van der Waals surface area contributed by atoms with E-state index in [-0.39, 0.29) is 5.91 Å². The van der Waals surface area contributed by atoms with E-state index in [4.69, 9.17) is 10.8 Å². The number of benzene rings is 2. The SMILES string of the molecule is NC(=O)c1ccc2ncccc2c1.O=C(Nc1ccc(-n2nc(C3CC3)cc2C2CC2)nc1)c1ccc2nccnc2c1. The lowest BCUT2D eigenvalue weighted by molar-refractivity contribution is 0.0997. The third-order valence-electron chi connectivity index (χ3n) is 7.59. The zero-order chi connectivity index (χ0) is 29.3. The Hall–Kier alpha value is -5.51. The first-order valence-electron chi connectivity index (χ1n) is 14.2. The maximum absolute atomic E-state index is 12.6. The minimum atomic E-state index is -0.411. The van der Waals surface area contributed by atoms with Crippen molar-refractivity contribution in [2.45, 2.75) is 37.5 Å². The Kier molecular flexibility index (Phi) is 6.78. The van der Waals surface area contributed by atoms with Crippen molar-refractivity contribution in [2.75, 3.05) is 5.32 Å². The van der Waals surface area contributed by atoms with Gasteiger partial charge in [0.05, 0.1) is 34.1 Å². The number of primary amides is 1. The van der Waals surface area contributed by atoms with Crippen LogP contribution in [0.1, 0.15) is 69.6 Å². The molecule has 8 rings (SSSR count). The first kappa shape index (κ1) is 26.4. The standard InChI is InChI=1S/C23H20N6O.C10H8N2O/c30-23(16-5-7-18-20(11-16)25-10-9-24-18)27-17-6-8-22(26-13-17)29-21(15-3-4-15)12-19(28-29)14-1-2-14;11-10(13)8-3-4-9-7(6-8)2-1-5-12-9/h5-15H,1-4H2,(H,27,30);1-6H,(H2,11,13). The number of hydrogen-bond donors (Lipinski definition) is 2. The van der Waals surface area contributed by atoms with Crippen LogP contribution in [-0.4, -0.2) is 41.5 Å². The average Bonchev–Trinajstić information content (AvgIpc) is 4.00. The Morgan fingerprint density at radius 1 is 0.744 bits per heavy atom. The van der Waals surface area contributed by atoms with Crippen molar-refractivity contribution in [3.63, 3.8) is 0 Å². The number of amides is 2. The van der Waals surface area contributed by atoms with E-state index in [0.717, 1.165) is 22.2 Å². The zero-order valence-electron chi connectivity index (χ0n) is 23.2. The number of pyridine rings is 2. The summed E-state index contributed by atoms with van der Waals surface area (Å²) in [5.74, 6) is 1.40. The van der Waals surface area contributed by atoms with Gasteiger partial charge in [0.2, 0.25) is 5.91 Å². The van der Waals surface area contributed by atoms with E-state index in [1.807, 2.05) is 28.9 Å². The lowest BCUT2D eigenvalue weighted by atomic mass is 10.1. The molecule has 2 fully saturated rings. The van der Waals surface area contributed by atoms with Crippen LogP contribution < -0.4 is 11.1 Å². The molecule has 4 heterocycles. The summed E-state index contributed by atoms with van der Waals surface area (Å²) >= 11 is 0. The van der Waals surface area contributed by atoms with Gasteiger partial charge in [-0.1, -0.05) is 6.07 Å². The normalized spacial score (nSPS) is 14.2. The monoisotopic (exact) mass is 568 g/mol. The van der Waals surface area contributed by atoms with Gasteiger partial charge in [0.15, 0.2) is 5.82 Å². The predicted octanol–water partition coefficient (Wildman–Crippen LogP) is 5.55. The fourth-order valence-corrected chi connectivity index (χ4v) is 4.97. The molecule has 2 amide bonds. The number of aromatic nitrogens is 6. The minimum absolute atomic E-state index is 0.203. The molecule has 0 radical (unpaired) electrons. The summed E-state index contributed by atoms with van der Waals surface area (Å²) in [6.45, 7) is 0. The summed E-state index contributed by atoms with van der Waals surface area (Å²) in [5.41, 5.74) is 11.6. The average molecular weight is 569 g/mol. The van der Waals surface area contributed by atoms with Crippen molar-refractivity contribution in [3.8, 4) is 5.82 Å². The first-order chi connectivity index (χ1) is 21.0. The Morgan fingerprint density at radius 2 is 1.49 bits per heavy atom. The Morgan fingerprint density at radius 3 is 2.23 bits per heavy atom. The van der Waals surface area contributed by atoms with Gasteiger partial charge >= 0.3 is 0 Å². The molecule has 2 aromatic carbocycles. The fourth-order valence-electron chi connectivity index (χ4n) is 4.97. The second kappa shape index (κ2) is 11.1. The van der Waals surface area contributed by atoms with Gasteiger partial charge in [0.1, 0.15) is 0 Å². The third-order valence-corrected chi connectivity index (χ3v) is 7.59. The molecule has 43 heavy (non-hydrogen) atoms. The van der Waals surface area contributed by atoms with E-state index < -0.39 is 5.91 Å². The van der Waals surface area contributed by atoms with E-state index in [0.29, 0.717) is 34.2 Å². The quantitative estimate of drug-likeness (QED) is 0.268. The Bertz CT molecular complexity index is 1980. The van der Waals surface area contributed by atoms with Crippen molar-refractivity contribution >= 4 is 39.4 Å². The van der Waals surface area contributed by atoms with Gasteiger partial charge in [-0.15, -0.1) is 0 Å². The Labute approximate surface area is 247 Å². The van der Waals surface area contributed by atoms with Crippen LogP contribution in [0.3, 0.4) is 0 Å². The topological polar surface area (TPSA) is 142 Å². The Balaban J connectivity index is 0.000000193. The molecule has 0 bridgehead atoms. The van der Waals surface area contributed by atoms with Gasteiger partial charge in [-0.3, -0.25) is 24.5 Å². The largest absolute Gasteiger partial charge is 0.366 e. The maximum Gasteiger partial charge on any atom is 0.255 e. The number of carbonyl (C=O) groups excluding carboxylic acids is 2.